The lowest BCUT2D eigenvalue weighted by Crippen LogP contribution is -2.53. The summed E-state index contributed by atoms with van der Waals surface area (Å²) in [6.07, 6.45) is -0.668. The number of carbonyl (C=O) groups excluding carboxylic acids is 2. The zero-order valence-corrected chi connectivity index (χ0v) is 13.8. The van der Waals surface area contributed by atoms with Crippen molar-refractivity contribution in [2.75, 3.05) is 46.9 Å². The minimum absolute atomic E-state index is 0.0235. The Morgan fingerprint density at radius 1 is 1.33 bits per heavy atom. The quantitative estimate of drug-likeness (QED) is 0.286. The van der Waals surface area contributed by atoms with Crippen LogP contribution in [0.3, 0.4) is 0 Å². The summed E-state index contributed by atoms with van der Waals surface area (Å²) in [5.74, 6) is -1.35. The molecule has 1 aliphatic heterocycles. The Morgan fingerprint density at radius 3 is 2.42 bits per heavy atom. The van der Waals surface area contributed by atoms with Crippen molar-refractivity contribution in [1.29, 1.82) is 0 Å². The van der Waals surface area contributed by atoms with Gasteiger partial charge < -0.3 is 31.1 Å². The van der Waals surface area contributed by atoms with Crippen molar-refractivity contribution in [3.8, 4) is 0 Å². The fourth-order valence-corrected chi connectivity index (χ4v) is 2.44. The number of nitrogens with zero attached hydrogens (tertiary/aromatic N) is 3. The lowest BCUT2D eigenvalue weighted by molar-refractivity contribution is -0.854. The molecular weight excluding hydrogens is 320 g/mol. The topological polar surface area (TPSA) is 157 Å². The molecule has 10 nitrogen and oxygen atoms in total. The fraction of sp³-hybridized carbons (Fsp3) is 0.643. The van der Waals surface area contributed by atoms with Gasteiger partial charge >= 0.3 is 0 Å². The van der Waals surface area contributed by atoms with Crippen molar-refractivity contribution >= 4 is 17.5 Å². The molecule has 3 unspecified atom stereocenters. The molecule has 0 saturated carbocycles. The molecule has 0 radical (unpaired) electrons. The number of hydrogen-bond acceptors (Lipinski definition) is 7. The third-order valence-corrected chi connectivity index (χ3v) is 3.58. The van der Waals surface area contributed by atoms with Crippen molar-refractivity contribution < 1.29 is 34.5 Å². The van der Waals surface area contributed by atoms with Gasteiger partial charge in [0.1, 0.15) is 25.4 Å². The van der Waals surface area contributed by atoms with Crippen LogP contribution in [0.25, 0.3) is 0 Å². The normalized spacial score (nSPS) is 23.1. The van der Waals surface area contributed by atoms with E-state index in [1.54, 1.807) is 7.05 Å². The number of likely N-dealkylation sites (N-methyl/N-ethyl adjacent to an activating group) is 2. The fourth-order valence-electron chi connectivity index (χ4n) is 2.44. The molecule has 1 aliphatic rings. The van der Waals surface area contributed by atoms with Crippen molar-refractivity contribution in [2.24, 2.45) is 10.7 Å². The second-order valence-corrected chi connectivity index (χ2v) is 6.12. The second-order valence-electron chi connectivity index (χ2n) is 6.12. The maximum absolute atomic E-state index is 12.4. The van der Waals surface area contributed by atoms with Crippen LogP contribution >= 0.6 is 0 Å². The molecule has 0 aliphatic carbocycles. The van der Waals surface area contributed by atoms with E-state index in [1.807, 2.05) is 0 Å². The van der Waals surface area contributed by atoms with Crippen LogP contribution < -0.4 is 5.73 Å². The molecule has 0 bridgehead atoms. The third kappa shape index (κ3) is 5.35. The van der Waals surface area contributed by atoms with Crippen molar-refractivity contribution in [1.82, 2.24) is 4.90 Å². The molecule has 1 rings (SSSR count). The molecule has 2 amide bonds. The Bertz CT molecular complexity index is 549. The van der Waals surface area contributed by atoms with Crippen molar-refractivity contribution in [3.05, 3.63) is 11.9 Å². The van der Waals surface area contributed by atoms with Gasteiger partial charge in [-0.3, -0.25) is 14.1 Å². The summed E-state index contributed by atoms with van der Waals surface area (Å²) in [4.78, 5) is 29.1. The molecule has 136 valence electrons. The Balaban J connectivity index is 3.08. The average molecular weight is 345 g/mol. The summed E-state index contributed by atoms with van der Waals surface area (Å²) in [7, 11) is 3.08. The van der Waals surface area contributed by atoms with E-state index < -0.39 is 37.2 Å². The van der Waals surface area contributed by atoms with Crippen LogP contribution in [0.4, 0.5) is 0 Å². The van der Waals surface area contributed by atoms with Crippen LogP contribution in [0.1, 0.15) is 0 Å². The van der Waals surface area contributed by atoms with Crippen molar-refractivity contribution in [3.63, 3.8) is 0 Å². The number of rotatable bonds is 8. The minimum Gasteiger partial charge on any atom is -0.394 e. The second kappa shape index (κ2) is 8.31. The number of aliphatic imine (C=N–C) groups is 1. The Morgan fingerprint density at radius 2 is 1.92 bits per heavy atom. The Labute approximate surface area is 139 Å². The van der Waals surface area contributed by atoms with E-state index in [0.717, 1.165) is 4.90 Å². The first-order chi connectivity index (χ1) is 11.1. The monoisotopic (exact) mass is 345 g/mol. The van der Waals surface area contributed by atoms with Gasteiger partial charge in [-0.05, 0) is 0 Å². The number of amides is 2. The molecule has 0 aromatic heterocycles. The zero-order valence-electron chi connectivity index (χ0n) is 13.8. The Hall–Kier alpha value is -1.85. The number of carbonyl (C=O) groups is 2. The van der Waals surface area contributed by atoms with Gasteiger partial charge in [0.15, 0.2) is 11.4 Å². The summed E-state index contributed by atoms with van der Waals surface area (Å²) < 4.78 is -0.0407. The highest BCUT2D eigenvalue weighted by molar-refractivity contribution is 6.39. The minimum atomic E-state index is -1.10. The molecule has 6 N–H and O–H groups in total. The summed E-state index contributed by atoms with van der Waals surface area (Å²) in [5.41, 5.74) is 5.19. The van der Waals surface area contributed by atoms with E-state index in [2.05, 4.69) is 4.99 Å². The van der Waals surface area contributed by atoms with Crippen LogP contribution in [0.5, 0.6) is 0 Å². The van der Waals surface area contributed by atoms with Crippen LogP contribution in [-0.2, 0) is 9.59 Å². The molecule has 3 atom stereocenters. The van der Waals surface area contributed by atoms with E-state index in [-0.39, 0.29) is 35.5 Å². The highest BCUT2D eigenvalue weighted by Gasteiger charge is 2.35. The number of aliphatic hydroxyl groups is 4. The van der Waals surface area contributed by atoms with Gasteiger partial charge in [-0.15, -0.1) is 0 Å². The highest BCUT2D eigenvalue weighted by atomic mass is 16.3. The van der Waals surface area contributed by atoms with Crippen molar-refractivity contribution in [2.45, 2.75) is 12.2 Å². The molecule has 24 heavy (non-hydrogen) atoms. The van der Waals surface area contributed by atoms with Gasteiger partial charge in [0.2, 0.25) is 0 Å². The average Bonchev–Trinajstić information content (AvgIpc) is 2.52. The van der Waals surface area contributed by atoms with Crippen LogP contribution in [0.15, 0.2) is 16.9 Å². The smallest absolute Gasteiger partial charge is 0.277 e. The molecular formula is C14H25N4O6+. The van der Waals surface area contributed by atoms with E-state index in [1.165, 1.54) is 13.2 Å². The molecule has 0 saturated heterocycles. The van der Waals surface area contributed by atoms with Crippen LogP contribution in [0.2, 0.25) is 0 Å². The molecule has 0 aromatic rings. The molecule has 0 aromatic carbocycles. The van der Waals surface area contributed by atoms with Gasteiger partial charge in [-0.2, -0.15) is 0 Å². The molecule has 0 fully saturated rings. The van der Waals surface area contributed by atoms with E-state index >= 15 is 0 Å². The van der Waals surface area contributed by atoms with Gasteiger partial charge in [0.05, 0.1) is 26.4 Å². The summed E-state index contributed by atoms with van der Waals surface area (Å²) in [5, 5.41) is 37.0. The number of nitrogens with two attached hydrogens (primary N) is 1. The maximum Gasteiger partial charge on any atom is 0.277 e. The number of quaternary nitrogens is 1. The number of primary amides is 1. The Kier molecular flexibility index (Phi) is 6.99. The van der Waals surface area contributed by atoms with Gasteiger partial charge in [-0.1, -0.05) is 0 Å². The van der Waals surface area contributed by atoms with Gasteiger partial charge in [0.25, 0.3) is 11.8 Å². The van der Waals surface area contributed by atoms with Crippen LogP contribution in [0, 0.1) is 0 Å². The maximum atomic E-state index is 12.4. The zero-order chi connectivity index (χ0) is 18.5. The summed E-state index contributed by atoms with van der Waals surface area (Å²) in [6, 6.07) is 0. The lowest BCUT2D eigenvalue weighted by atomic mass is 10.2. The predicted octanol–water partition coefficient (Wildman–Crippen LogP) is -3.62. The first-order valence-electron chi connectivity index (χ1n) is 7.39. The van der Waals surface area contributed by atoms with Gasteiger partial charge in [-0.25, -0.2) is 4.99 Å². The van der Waals surface area contributed by atoms with E-state index in [0.29, 0.717) is 0 Å². The van der Waals surface area contributed by atoms with E-state index in [4.69, 9.17) is 15.9 Å². The van der Waals surface area contributed by atoms with E-state index in [9.17, 15) is 19.8 Å². The first kappa shape index (κ1) is 20.2. The molecule has 10 heteroatoms. The number of hydrogen-bond donors (Lipinski definition) is 5. The largest absolute Gasteiger partial charge is 0.394 e. The molecule has 1 heterocycles. The summed E-state index contributed by atoms with van der Waals surface area (Å²) in [6.45, 7) is -0.939. The van der Waals surface area contributed by atoms with Gasteiger partial charge in [0, 0.05) is 13.6 Å². The summed E-state index contributed by atoms with van der Waals surface area (Å²) >= 11 is 0. The SMILES string of the molecule is CN(CC(O)CO)C(=O)C1=C[N+](C)(CC(O)CO)CC(C(N)=O)=N1. The molecule has 0 spiro atoms. The van der Waals surface area contributed by atoms with Crippen LogP contribution in [-0.4, -0.2) is 106 Å². The standard InChI is InChI=1S/C14H24N4O6/c1-17(3-9(21)7-19)14(24)12-6-18(2,4-10(22)8-20)5-11(16-12)13(15)23/h6,9-10,19-22H,3-5,7-8H2,1-2H3,(H-,15,23)/p+1. The lowest BCUT2D eigenvalue weighted by Gasteiger charge is -2.34. The highest BCUT2D eigenvalue weighted by Crippen LogP contribution is 2.18. The third-order valence-electron chi connectivity index (χ3n) is 3.58. The predicted molar refractivity (Wildman–Crippen MR) is 84.5 cm³/mol. The number of aliphatic hydroxyl groups excluding tert-OH is 4. The first-order valence-corrected chi connectivity index (χ1v) is 7.39.